The van der Waals surface area contributed by atoms with Crippen molar-refractivity contribution in [3.05, 3.63) is 53.6 Å². The van der Waals surface area contributed by atoms with Gasteiger partial charge in [-0.2, -0.15) is 0 Å². The molecule has 2 rings (SSSR count). The molecule has 0 aliphatic carbocycles. The average Bonchev–Trinajstić information content (AvgIpc) is 2.56. The number of hydrogen-bond acceptors (Lipinski definition) is 4. The van der Waals surface area contributed by atoms with Gasteiger partial charge in [0.05, 0.1) is 4.90 Å². The molecule has 0 bridgehead atoms. The number of amides is 2. The molecular formula is C17H18ClN3O4S. The van der Waals surface area contributed by atoms with Gasteiger partial charge < -0.3 is 10.6 Å². The van der Waals surface area contributed by atoms with Crippen molar-refractivity contribution in [3.8, 4) is 0 Å². The molecule has 2 aromatic carbocycles. The molecule has 0 radical (unpaired) electrons. The second-order valence-corrected chi connectivity index (χ2v) is 7.61. The summed E-state index contributed by atoms with van der Waals surface area (Å²) in [6.45, 7) is 1.36. The number of sulfonamides is 1. The zero-order chi connectivity index (χ0) is 19.2. The smallest absolute Gasteiger partial charge is 0.240 e. The van der Waals surface area contributed by atoms with Crippen molar-refractivity contribution in [2.75, 3.05) is 17.2 Å². The summed E-state index contributed by atoms with van der Waals surface area (Å²) >= 11 is 5.73. The molecule has 0 atom stereocenters. The van der Waals surface area contributed by atoms with Crippen molar-refractivity contribution in [3.63, 3.8) is 0 Å². The van der Waals surface area contributed by atoms with E-state index in [1.807, 2.05) is 0 Å². The Bertz CT molecular complexity index is 881. The van der Waals surface area contributed by atoms with Crippen LogP contribution in [0.3, 0.4) is 0 Å². The van der Waals surface area contributed by atoms with Crippen LogP contribution in [0, 0.1) is 0 Å². The van der Waals surface area contributed by atoms with E-state index in [-0.39, 0.29) is 29.7 Å². The van der Waals surface area contributed by atoms with Crippen LogP contribution in [0.25, 0.3) is 0 Å². The zero-order valence-electron chi connectivity index (χ0n) is 14.0. The maximum atomic E-state index is 12.1. The fraction of sp³-hybridized carbons (Fsp3) is 0.176. The molecule has 0 aromatic heterocycles. The van der Waals surface area contributed by atoms with Gasteiger partial charge >= 0.3 is 0 Å². The molecule has 0 heterocycles. The van der Waals surface area contributed by atoms with Crippen LogP contribution < -0.4 is 15.4 Å². The molecule has 26 heavy (non-hydrogen) atoms. The van der Waals surface area contributed by atoms with Crippen LogP contribution in [0.15, 0.2) is 53.4 Å². The number of nitrogens with one attached hydrogen (secondary N) is 3. The lowest BCUT2D eigenvalue weighted by molar-refractivity contribution is -0.116. The summed E-state index contributed by atoms with van der Waals surface area (Å²) in [4.78, 5) is 22.9. The van der Waals surface area contributed by atoms with Gasteiger partial charge in [-0.3, -0.25) is 9.59 Å². The first kappa shape index (κ1) is 19.9. The van der Waals surface area contributed by atoms with Crippen LogP contribution in [0.4, 0.5) is 11.4 Å². The van der Waals surface area contributed by atoms with E-state index >= 15 is 0 Å². The largest absolute Gasteiger partial charge is 0.326 e. The van der Waals surface area contributed by atoms with Crippen molar-refractivity contribution in [2.24, 2.45) is 0 Å². The molecule has 3 N–H and O–H groups in total. The minimum absolute atomic E-state index is 0.0275. The Labute approximate surface area is 156 Å². The Balaban J connectivity index is 1.83. The van der Waals surface area contributed by atoms with Gasteiger partial charge in [0.1, 0.15) is 0 Å². The maximum Gasteiger partial charge on any atom is 0.240 e. The molecule has 0 unspecified atom stereocenters. The Kier molecular flexibility index (Phi) is 6.73. The average molecular weight is 396 g/mol. The van der Waals surface area contributed by atoms with Gasteiger partial charge in [0, 0.05) is 36.3 Å². The summed E-state index contributed by atoms with van der Waals surface area (Å²) in [5.41, 5.74) is 1.16. The van der Waals surface area contributed by atoms with E-state index in [0.717, 1.165) is 0 Å². The number of rotatable bonds is 7. The Morgan fingerprint density at radius 2 is 1.46 bits per heavy atom. The van der Waals surface area contributed by atoms with Crippen molar-refractivity contribution < 1.29 is 18.0 Å². The zero-order valence-corrected chi connectivity index (χ0v) is 15.5. The molecule has 0 saturated heterocycles. The first-order valence-corrected chi connectivity index (χ1v) is 9.55. The fourth-order valence-corrected chi connectivity index (χ4v) is 3.22. The highest BCUT2D eigenvalue weighted by Gasteiger charge is 2.14. The van der Waals surface area contributed by atoms with Gasteiger partial charge in [0.25, 0.3) is 0 Å². The third-order valence-corrected chi connectivity index (χ3v) is 4.99. The topological polar surface area (TPSA) is 104 Å². The lowest BCUT2D eigenvalue weighted by atomic mass is 10.2. The number of carbonyl (C=O) groups excluding carboxylic acids is 2. The first-order valence-electron chi connectivity index (χ1n) is 7.69. The SMILES string of the molecule is CC(=O)Nc1ccc(NC(=O)CCNS(=O)(=O)c2ccc(Cl)cc2)cc1. The van der Waals surface area contributed by atoms with E-state index < -0.39 is 10.0 Å². The lowest BCUT2D eigenvalue weighted by Crippen LogP contribution is -2.27. The highest BCUT2D eigenvalue weighted by Crippen LogP contribution is 2.15. The molecular weight excluding hydrogens is 378 g/mol. The minimum atomic E-state index is -3.69. The van der Waals surface area contributed by atoms with Crippen molar-refractivity contribution >= 4 is 44.8 Å². The summed E-state index contributed by atoms with van der Waals surface area (Å²) < 4.78 is 26.5. The van der Waals surface area contributed by atoms with Gasteiger partial charge in [-0.1, -0.05) is 11.6 Å². The van der Waals surface area contributed by atoms with Gasteiger partial charge in [-0.05, 0) is 48.5 Å². The molecule has 7 nitrogen and oxygen atoms in total. The minimum Gasteiger partial charge on any atom is -0.326 e. The molecule has 0 saturated carbocycles. The monoisotopic (exact) mass is 395 g/mol. The predicted octanol–water partition coefficient (Wildman–Crippen LogP) is 2.61. The lowest BCUT2D eigenvalue weighted by Gasteiger charge is -2.08. The number of carbonyl (C=O) groups is 2. The summed E-state index contributed by atoms with van der Waals surface area (Å²) in [6, 6.07) is 12.3. The first-order chi connectivity index (χ1) is 12.3. The van der Waals surface area contributed by atoms with E-state index in [0.29, 0.717) is 16.4 Å². The standard InChI is InChI=1S/C17H18ClN3O4S/c1-12(22)20-14-4-6-15(7-5-14)21-17(23)10-11-19-26(24,25)16-8-2-13(18)3-9-16/h2-9,19H,10-11H2,1H3,(H,20,22)(H,21,23). The quantitative estimate of drug-likeness (QED) is 0.670. The molecule has 0 fully saturated rings. The van der Waals surface area contributed by atoms with E-state index in [1.165, 1.54) is 31.2 Å². The number of benzene rings is 2. The van der Waals surface area contributed by atoms with Crippen LogP contribution in [-0.4, -0.2) is 26.8 Å². The summed E-state index contributed by atoms with van der Waals surface area (Å²) in [6.07, 6.45) is -0.0275. The third kappa shape index (κ3) is 6.14. The molecule has 0 aliphatic heterocycles. The second kappa shape index (κ2) is 8.79. The molecule has 138 valence electrons. The number of anilines is 2. The fourth-order valence-electron chi connectivity index (χ4n) is 2.06. The Morgan fingerprint density at radius 3 is 2.00 bits per heavy atom. The Morgan fingerprint density at radius 1 is 0.923 bits per heavy atom. The summed E-state index contributed by atoms with van der Waals surface area (Å²) in [7, 11) is -3.69. The number of hydrogen-bond donors (Lipinski definition) is 3. The van der Waals surface area contributed by atoms with Crippen LogP contribution >= 0.6 is 11.6 Å². The number of halogens is 1. The van der Waals surface area contributed by atoms with Crippen molar-refractivity contribution in [2.45, 2.75) is 18.2 Å². The molecule has 0 aliphatic rings. The van der Waals surface area contributed by atoms with Gasteiger partial charge in [0.2, 0.25) is 21.8 Å². The van der Waals surface area contributed by atoms with Gasteiger partial charge in [0.15, 0.2) is 0 Å². The second-order valence-electron chi connectivity index (χ2n) is 5.41. The molecule has 2 aromatic rings. The van der Waals surface area contributed by atoms with Crippen LogP contribution in [0.2, 0.25) is 5.02 Å². The van der Waals surface area contributed by atoms with E-state index in [9.17, 15) is 18.0 Å². The van der Waals surface area contributed by atoms with E-state index in [4.69, 9.17) is 11.6 Å². The van der Waals surface area contributed by atoms with E-state index in [1.54, 1.807) is 24.3 Å². The highest BCUT2D eigenvalue weighted by atomic mass is 35.5. The summed E-state index contributed by atoms with van der Waals surface area (Å²) in [5.74, 6) is -0.522. The molecule has 9 heteroatoms. The Hall–Kier alpha value is -2.42. The van der Waals surface area contributed by atoms with E-state index in [2.05, 4.69) is 15.4 Å². The molecule has 0 spiro atoms. The summed E-state index contributed by atoms with van der Waals surface area (Å²) in [5, 5.41) is 5.71. The predicted molar refractivity (Wildman–Crippen MR) is 101 cm³/mol. The van der Waals surface area contributed by atoms with Crippen LogP contribution in [0.5, 0.6) is 0 Å². The highest BCUT2D eigenvalue weighted by molar-refractivity contribution is 7.89. The van der Waals surface area contributed by atoms with Crippen LogP contribution in [-0.2, 0) is 19.6 Å². The maximum absolute atomic E-state index is 12.1. The van der Waals surface area contributed by atoms with Crippen LogP contribution in [0.1, 0.15) is 13.3 Å². The van der Waals surface area contributed by atoms with Crippen molar-refractivity contribution in [1.82, 2.24) is 4.72 Å². The third-order valence-electron chi connectivity index (χ3n) is 3.26. The van der Waals surface area contributed by atoms with Gasteiger partial charge in [-0.15, -0.1) is 0 Å². The molecule has 2 amide bonds. The normalized spacial score (nSPS) is 11.0. The van der Waals surface area contributed by atoms with Gasteiger partial charge in [-0.25, -0.2) is 13.1 Å². The van der Waals surface area contributed by atoms with Crippen molar-refractivity contribution in [1.29, 1.82) is 0 Å².